The van der Waals surface area contributed by atoms with Gasteiger partial charge in [0.25, 0.3) is 10.0 Å². The summed E-state index contributed by atoms with van der Waals surface area (Å²) in [5.74, 6) is 1.05. The molecule has 0 saturated heterocycles. The number of rotatable bonds is 3. The summed E-state index contributed by atoms with van der Waals surface area (Å²) in [6.45, 7) is 2.20. The summed E-state index contributed by atoms with van der Waals surface area (Å²) < 4.78 is 38.3. The Hall–Kier alpha value is -2.74. The van der Waals surface area contributed by atoms with E-state index in [4.69, 9.17) is 9.47 Å². The van der Waals surface area contributed by atoms with Crippen LogP contribution in [0.2, 0.25) is 0 Å². The molecule has 1 amide bonds. The van der Waals surface area contributed by atoms with Gasteiger partial charge in [-0.15, -0.1) is 0 Å². The monoisotopic (exact) mass is 360 g/mol. The van der Waals surface area contributed by atoms with Gasteiger partial charge in [-0.25, -0.2) is 8.42 Å². The average Bonchev–Trinajstić information content (AvgIpc) is 3.19. The van der Waals surface area contributed by atoms with Crippen LogP contribution >= 0.6 is 0 Å². The number of ether oxygens (including phenoxy) is 2. The standard InChI is InChI=1S/C17H16N2O5S/c1-11(20)19-7-6-12-8-14(3-4-15(12)19)25(21,22)18-13-2-5-16-17(9-13)24-10-23-16/h2-5,8-9,18H,6-7,10H2,1H3. The van der Waals surface area contributed by atoms with Crippen molar-refractivity contribution in [1.82, 2.24) is 0 Å². The second-order valence-corrected chi connectivity index (χ2v) is 7.57. The maximum absolute atomic E-state index is 12.7. The van der Waals surface area contributed by atoms with E-state index < -0.39 is 10.0 Å². The summed E-state index contributed by atoms with van der Waals surface area (Å²) in [6.07, 6.45) is 0.641. The van der Waals surface area contributed by atoms with Crippen molar-refractivity contribution in [3.63, 3.8) is 0 Å². The quantitative estimate of drug-likeness (QED) is 0.906. The van der Waals surface area contributed by atoms with Crippen LogP contribution in [0.5, 0.6) is 11.5 Å². The van der Waals surface area contributed by atoms with Gasteiger partial charge in [-0.2, -0.15) is 0 Å². The third kappa shape index (κ3) is 2.78. The minimum absolute atomic E-state index is 0.0483. The molecule has 0 spiro atoms. The normalized spacial score (nSPS) is 15.2. The number of sulfonamides is 1. The molecule has 0 radical (unpaired) electrons. The number of amides is 1. The number of benzene rings is 2. The van der Waals surface area contributed by atoms with Crippen LogP contribution in [-0.2, 0) is 21.2 Å². The lowest BCUT2D eigenvalue weighted by molar-refractivity contribution is -0.116. The van der Waals surface area contributed by atoms with E-state index in [1.165, 1.54) is 13.0 Å². The fourth-order valence-electron chi connectivity index (χ4n) is 3.05. The molecular formula is C17H16N2O5S. The van der Waals surface area contributed by atoms with Crippen LogP contribution in [0.3, 0.4) is 0 Å². The maximum atomic E-state index is 12.7. The summed E-state index contributed by atoms with van der Waals surface area (Å²) in [4.78, 5) is 13.4. The maximum Gasteiger partial charge on any atom is 0.261 e. The number of carbonyl (C=O) groups is 1. The van der Waals surface area contributed by atoms with Crippen molar-refractivity contribution in [3.8, 4) is 11.5 Å². The van der Waals surface area contributed by atoms with E-state index >= 15 is 0 Å². The van der Waals surface area contributed by atoms with Gasteiger partial charge in [0.1, 0.15) is 0 Å². The molecule has 0 saturated carbocycles. The molecule has 2 aliphatic rings. The summed E-state index contributed by atoms with van der Waals surface area (Å²) in [7, 11) is -3.74. The highest BCUT2D eigenvalue weighted by Gasteiger charge is 2.25. The van der Waals surface area contributed by atoms with Crippen LogP contribution in [0.1, 0.15) is 12.5 Å². The molecule has 2 aromatic carbocycles. The molecule has 8 heteroatoms. The lowest BCUT2D eigenvalue weighted by Gasteiger charge is -2.15. The molecule has 0 aliphatic carbocycles. The van der Waals surface area contributed by atoms with Crippen LogP contribution in [0.25, 0.3) is 0 Å². The number of hydrogen-bond donors (Lipinski definition) is 1. The molecule has 2 heterocycles. The minimum atomic E-state index is -3.74. The first-order valence-electron chi connectivity index (χ1n) is 7.77. The van der Waals surface area contributed by atoms with Gasteiger partial charge in [0.05, 0.1) is 10.6 Å². The van der Waals surface area contributed by atoms with Crippen molar-refractivity contribution in [3.05, 3.63) is 42.0 Å². The van der Waals surface area contributed by atoms with E-state index in [9.17, 15) is 13.2 Å². The van der Waals surface area contributed by atoms with Crippen molar-refractivity contribution in [2.45, 2.75) is 18.2 Å². The molecular weight excluding hydrogens is 344 g/mol. The van der Waals surface area contributed by atoms with Gasteiger partial charge >= 0.3 is 0 Å². The van der Waals surface area contributed by atoms with Crippen LogP contribution in [0.4, 0.5) is 11.4 Å². The molecule has 0 unspecified atom stereocenters. The van der Waals surface area contributed by atoms with E-state index in [0.29, 0.717) is 30.2 Å². The van der Waals surface area contributed by atoms with E-state index in [1.54, 1.807) is 35.2 Å². The minimum Gasteiger partial charge on any atom is -0.454 e. The van der Waals surface area contributed by atoms with Gasteiger partial charge in [0, 0.05) is 25.2 Å². The van der Waals surface area contributed by atoms with Gasteiger partial charge in [-0.1, -0.05) is 0 Å². The van der Waals surface area contributed by atoms with Crippen LogP contribution in [0.15, 0.2) is 41.3 Å². The fraction of sp³-hybridized carbons (Fsp3) is 0.235. The molecule has 7 nitrogen and oxygen atoms in total. The van der Waals surface area contributed by atoms with E-state index in [1.807, 2.05) is 0 Å². The van der Waals surface area contributed by atoms with E-state index in [-0.39, 0.29) is 17.6 Å². The topological polar surface area (TPSA) is 84.9 Å². The Balaban J connectivity index is 1.62. The van der Waals surface area contributed by atoms with Crippen molar-refractivity contribution >= 4 is 27.3 Å². The predicted octanol–water partition coefficient (Wildman–Crippen LogP) is 2.13. The molecule has 130 valence electrons. The molecule has 4 rings (SSSR count). The Morgan fingerprint density at radius 3 is 2.72 bits per heavy atom. The van der Waals surface area contributed by atoms with Gasteiger partial charge in [-0.05, 0) is 42.3 Å². The SMILES string of the molecule is CC(=O)N1CCc2cc(S(=O)(=O)Nc3ccc4c(c3)OCO4)ccc21. The van der Waals surface area contributed by atoms with E-state index in [0.717, 1.165) is 11.3 Å². The van der Waals surface area contributed by atoms with Crippen molar-refractivity contribution in [2.24, 2.45) is 0 Å². The second kappa shape index (κ2) is 5.66. The Kier molecular flexibility index (Phi) is 3.57. The molecule has 25 heavy (non-hydrogen) atoms. The fourth-order valence-corrected chi connectivity index (χ4v) is 4.15. The Labute approximate surface area is 145 Å². The van der Waals surface area contributed by atoms with Crippen molar-refractivity contribution < 1.29 is 22.7 Å². The largest absolute Gasteiger partial charge is 0.454 e. The summed E-state index contributed by atoms with van der Waals surface area (Å²) in [5, 5.41) is 0. The highest BCUT2D eigenvalue weighted by atomic mass is 32.2. The Morgan fingerprint density at radius 1 is 1.12 bits per heavy atom. The molecule has 0 aromatic heterocycles. The van der Waals surface area contributed by atoms with Gasteiger partial charge < -0.3 is 14.4 Å². The molecule has 0 atom stereocenters. The number of nitrogens with zero attached hydrogens (tertiary/aromatic N) is 1. The number of carbonyl (C=O) groups excluding carboxylic acids is 1. The zero-order chi connectivity index (χ0) is 17.6. The number of hydrogen-bond acceptors (Lipinski definition) is 5. The smallest absolute Gasteiger partial charge is 0.261 e. The van der Waals surface area contributed by atoms with Gasteiger partial charge in [-0.3, -0.25) is 9.52 Å². The second-order valence-electron chi connectivity index (χ2n) is 5.88. The van der Waals surface area contributed by atoms with E-state index in [2.05, 4.69) is 4.72 Å². The average molecular weight is 360 g/mol. The summed E-state index contributed by atoms with van der Waals surface area (Å²) >= 11 is 0. The first-order valence-corrected chi connectivity index (χ1v) is 9.26. The molecule has 0 bridgehead atoms. The van der Waals surface area contributed by atoms with Gasteiger partial charge in [0.2, 0.25) is 12.7 Å². The lowest BCUT2D eigenvalue weighted by atomic mass is 10.2. The highest BCUT2D eigenvalue weighted by molar-refractivity contribution is 7.92. The number of anilines is 2. The van der Waals surface area contributed by atoms with Gasteiger partial charge in [0.15, 0.2) is 11.5 Å². The Morgan fingerprint density at radius 2 is 1.92 bits per heavy atom. The zero-order valence-electron chi connectivity index (χ0n) is 13.5. The third-order valence-electron chi connectivity index (χ3n) is 4.26. The number of nitrogens with one attached hydrogen (secondary N) is 1. The van der Waals surface area contributed by atoms with Crippen molar-refractivity contribution in [2.75, 3.05) is 23.0 Å². The molecule has 0 fully saturated rings. The molecule has 2 aromatic rings. The molecule has 2 aliphatic heterocycles. The van der Waals surface area contributed by atoms with Crippen LogP contribution in [-0.4, -0.2) is 27.7 Å². The molecule has 1 N–H and O–H groups in total. The third-order valence-corrected chi connectivity index (χ3v) is 5.64. The summed E-state index contributed by atoms with van der Waals surface area (Å²) in [6, 6.07) is 9.68. The first kappa shape index (κ1) is 15.8. The lowest BCUT2D eigenvalue weighted by Crippen LogP contribution is -2.25. The zero-order valence-corrected chi connectivity index (χ0v) is 14.3. The Bertz CT molecular complexity index is 971. The number of fused-ring (bicyclic) bond motifs is 2. The van der Waals surface area contributed by atoms with Crippen molar-refractivity contribution in [1.29, 1.82) is 0 Å². The first-order chi connectivity index (χ1) is 11.9. The van der Waals surface area contributed by atoms with Crippen LogP contribution < -0.4 is 19.1 Å². The predicted molar refractivity (Wildman–Crippen MR) is 91.5 cm³/mol. The highest BCUT2D eigenvalue weighted by Crippen LogP contribution is 2.35. The van der Waals surface area contributed by atoms with Crippen LogP contribution in [0, 0.1) is 0 Å². The summed E-state index contributed by atoms with van der Waals surface area (Å²) in [5.41, 5.74) is 2.02.